The third-order valence-corrected chi connectivity index (χ3v) is 3.29. The Balaban J connectivity index is 1.82. The Hall–Kier alpha value is -1.55. The summed E-state index contributed by atoms with van der Waals surface area (Å²) in [7, 11) is 0. The predicted octanol–water partition coefficient (Wildman–Crippen LogP) is 1.92. The Morgan fingerprint density at radius 2 is 2.26 bits per heavy atom. The molecule has 0 spiro atoms. The fourth-order valence-electron chi connectivity index (χ4n) is 2.28. The van der Waals surface area contributed by atoms with E-state index in [9.17, 15) is 4.79 Å². The van der Waals surface area contributed by atoms with Gasteiger partial charge in [0.2, 0.25) is 0 Å². The van der Waals surface area contributed by atoms with E-state index in [1.165, 1.54) is 5.56 Å². The summed E-state index contributed by atoms with van der Waals surface area (Å²) >= 11 is 0. The molecule has 4 heteroatoms. The highest BCUT2D eigenvalue weighted by Gasteiger charge is 2.24. The molecule has 0 aliphatic carbocycles. The van der Waals surface area contributed by atoms with Crippen LogP contribution in [0.15, 0.2) is 24.3 Å². The largest absolute Gasteiger partial charge is 0.488 e. The number of benzene rings is 1. The van der Waals surface area contributed by atoms with Crippen LogP contribution in [0.3, 0.4) is 0 Å². The molecule has 19 heavy (non-hydrogen) atoms. The average molecular weight is 263 g/mol. The first-order chi connectivity index (χ1) is 9.24. The first-order valence-electron chi connectivity index (χ1n) is 6.89. The molecule has 1 heterocycles. The van der Waals surface area contributed by atoms with Gasteiger partial charge in [0.15, 0.2) is 0 Å². The molecule has 2 unspecified atom stereocenters. The highest BCUT2D eigenvalue weighted by atomic mass is 16.5. The fourth-order valence-corrected chi connectivity index (χ4v) is 2.28. The van der Waals surface area contributed by atoms with Crippen molar-refractivity contribution in [1.82, 2.24) is 5.32 Å². The molecule has 104 valence electrons. The second kappa shape index (κ2) is 6.57. The van der Waals surface area contributed by atoms with E-state index in [1.54, 1.807) is 0 Å². The van der Waals surface area contributed by atoms with Crippen molar-refractivity contribution in [3.05, 3.63) is 29.8 Å². The Labute approximate surface area is 114 Å². The van der Waals surface area contributed by atoms with E-state index < -0.39 is 0 Å². The molecule has 0 saturated heterocycles. The standard InChI is InChI=1S/C15H21NO3/c1-3-13(15(17)18-4-2)16-10-12-9-11-7-5-6-8-14(11)19-12/h5-8,12-13,16H,3-4,9-10H2,1-2H3. The number of para-hydroxylation sites is 1. The minimum atomic E-state index is -0.243. The fraction of sp³-hybridized carbons (Fsp3) is 0.533. The van der Waals surface area contributed by atoms with Crippen molar-refractivity contribution in [1.29, 1.82) is 0 Å². The molecule has 2 rings (SSSR count). The highest BCUT2D eigenvalue weighted by Crippen LogP contribution is 2.27. The lowest BCUT2D eigenvalue weighted by atomic mass is 10.1. The molecular formula is C15H21NO3. The minimum absolute atomic E-state index is 0.0980. The summed E-state index contributed by atoms with van der Waals surface area (Å²) in [6.07, 6.45) is 1.71. The summed E-state index contributed by atoms with van der Waals surface area (Å²) in [5.74, 6) is 0.777. The van der Waals surface area contributed by atoms with Crippen LogP contribution in [0.1, 0.15) is 25.8 Å². The number of hydrogen-bond acceptors (Lipinski definition) is 4. The van der Waals surface area contributed by atoms with Gasteiger partial charge in [0.25, 0.3) is 0 Å². The first kappa shape index (κ1) is 13.9. The van der Waals surface area contributed by atoms with Crippen molar-refractivity contribution < 1.29 is 14.3 Å². The molecule has 1 N–H and O–H groups in total. The predicted molar refractivity (Wildman–Crippen MR) is 73.3 cm³/mol. The molecule has 0 aromatic heterocycles. The summed E-state index contributed by atoms with van der Waals surface area (Å²) in [6, 6.07) is 7.82. The van der Waals surface area contributed by atoms with E-state index in [1.807, 2.05) is 32.0 Å². The monoisotopic (exact) mass is 263 g/mol. The molecule has 1 aromatic rings. The minimum Gasteiger partial charge on any atom is -0.488 e. The number of carbonyl (C=O) groups is 1. The molecule has 0 bridgehead atoms. The van der Waals surface area contributed by atoms with E-state index >= 15 is 0 Å². The Morgan fingerprint density at radius 3 is 2.95 bits per heavy atom. The lowest BCUT2D eigenvalue weighted by Gasteiger charge is -2.18. The van der Waals surface area contributed by atoms with Crippen molar-refractivity contribution in [3.8, 4) is 5.75 Å². The summed E-state index contributed by atoms with van der Waals surface area (Å²) < 4.78 is 10.9. The van der Waals surface area contributed by atoms with Crippen molar-refractivity contribution >= 4 is 5.97 Å². The maximum absolute atomic E-state index is 11.7. The van der Waals surface area contributed by atoms with Crippen LogP contribution in [-0.2, 0) is 16.0 Å². The van der Waals surface area contributed by atoms with Crippen LogP contribution in [0.2, 0.25) is 0 Å². The highest BCUT2D eigenvalue weighted by molar-refractivity contribution is 5.75. The van der Waals surface area contributed by atoms with Gasteiger partial charge in [-0.25, -0.2) is 0 Å². The molecule has 1 aliphatic heterocycles. The second-order valence-electron chi connectivity index (χ2n) is 4.67. The first-order valence-corrected chi connectivity index (χ1v) is 6.89. The van der Waals surface area contributed by atoms with Crippen LogP contribution in [-0.4, -0.2) is 31.3 Å². The third kappa shape index (κ3) is 3.47. The maximum Gasteiger partial charge on any atom is 0.323 e. The van der Waals surface area contributed by atoms with Gasteiger partial charge < -0.3 is 14.8 Å². The number of fused-ring (bicyclic) bond motifs is 1. The van der Waals surface area contributed by atoms with E-state index in [0.29, 0.717) is 13.2 Å². The number of carbonyl (C=O) groups excluding carboxylic acids is 1. The van der Waals surface area contributed by atoms with Gasteiger partial charge in [0.05, 0.1) is 6.61 Å². The smallest absolute Gasteiger partial charge is 0.323 e. The van der Waals surface area contributed by atoms with Crippen LogP contribution >= 0.6 is 0 Å². The molecule has 0 radical (unpaired) electrons. The SMILES string of the molecule is CCOC(=O)C(CC)NCC1Cc2ccccc2O1. The maximum atomic E-state index is 11.7. The molecule has 4 nitrogen and oxygen atoms in total. The van der Waals surface area contributed by atoms with Gasteiger partial charge in [-0.1, -0.05) is 25.1 Å². The van der Waals surface area contributed by atoms with Crippen molar-refractivity contribution in [2.24, 2.45) is 0 Å². The topological polar surface area (TPSA) is 47.6 Å². The van der Waals surface area contributed by atoms with Gasteiger partial charge in [-0.05, 0) is 25.0 Å². The molecule has 1 aromatic carbocycles. The van der Waals surface area contributed by atoms with E-state index in [4.69, 9.17) is 9.47 Å². The summed E-state index contributed by atoms with van der Waals surface area (Å²) in [5.41, 5.74) is 1.23. The quantitative estimate of drug-likeness (QED) is 0.797. The lowest BCUT2D eigenvalue weighted by molar-refractivity contribution is -0.145. The second-order valence-corrected chi connectivity index (χ2v) is 4.67. The molecular weight excluding hydrogens is 242 g/mol. The zero-order valence-corrected chi connectivity index (χ0v) is 11.5. The van der Waals surface area contributed by atoms with E-state index in [0.717, 1.165) is 18.6 Å². The average Bonchev–Trinajstić information content (AvgIpc) is 2.82. The molecule has 0 fully saturated rings. The number of rotatable bonds is 6. The number of esters is 1. The van der Waals surface area contributed by atoms with Gasteiger partial charge in [-0.15, -0.1) is 0 Å². The molecule has 2 atom stereocenters. The van der Waals surface area contributed by atoms with Crippen LogP contribution in [0.5, 0.6) is 5.75 Å². The van der Waals surface area contributed by atoms with E-state index in [2.05, 4.69) is 11.4 Å². The third-order valence-electron chi connectivity index (χ3n) is 3.29. The van der Waals surface area contributed by atoms with Gasteiger partial charge >= 0.3 is 5.97 Å². The molecule has 0 amide bonds. The number of hydrogen-bond donors (Lipinski definition) is 1. The number of ether oxygens (including phenoxy) is 2. The summed E-state index contributed by atoms with van der Waals surface area (Å²) in [5, 5.41) is 3.23. The van der Waals surface area contributed by atoms with Crippen LogP contribution in [0, 0.1) is 0 Å². The Bertz CT molecular complexity index is 408. The van der Waals surface area contributed by atoms with Gasteiger partial charge in [-0.2, -0.15) is 0 Å². The van der Waals surface area contributed by atoms with Crippen LogP contribution < -0.4 is 10.1 Å². The number of nitrogens with one attached hydrogen (secondary N) is 1. The zero-order valence-electron chi connectivity index (χ0n) is 11.5. The van der Waals surface area contributed by atoms with Crippen molar-refractivity contribution in [2.75, 3.05) is 13.2 Å². The van der Waals surface area contributed by atoms with Crippen LogP contribution in [0.4, 0.5) is 0 Å². The molecule has 1 aliphatic rings. The zero-order chi connectivity index (χ0) is 13.7. The van der Waals surface area contributed by atoms with E-state index in [-0.39, 0.29) is 18.1 Å². The Morgan fingerprint density at radius 1 is 1.47 bits per heavy atom. The van der Waals surface area contributed by atoms with Gasteiger partial charge in [-0.3, -0.25) is 4.79 Å². The summed E-state index contributed by atoms with van der Waals surface area (Å²) in [4.78, 5) is 11.7. The van der Waals surface area contributed by atoms with Crippen molar-refractivity contribution in [2.45, 2.75) is 38.8 Å². The van der Waals surface area contributed by atoms with Gasteiger partial charge in [0.1, 0.15) is 17.9 Å². The Kier molecular flexibility index (Phi) is 4.80. The van der Waals surface area contributed by atoms with Crippen molar-refractivity contribution in [3.63, 3.8) is 0 Å². The lowest BCUT2D eigenvalue weighted by Crippen LogP contribution is -2.42. The normalized spacial score (nSPS) is 18.5. The summed E-state index contributed by atoms with van der Waals surface area (Å²) in [6.45, 7) is 4.87. The molecule has 0 saturated carbocycles. The van der Waals surface area contributed by atoms with Gasteiger partial charge in [0, 0.05) is 13.0 Å². The van der Waals surface area contributed by atoms with Crippen LogP contribution in [0.25, 0.3) is 0 Å².